The highest BCUT2D eigenvalue weighted by Gasteiger charge is 2.28. The Morgan fingerprint density at radius 1 is 1.50 bits per heavy atom. The van der Waals surface area contributed by atoms with Crippen molar-refractivity contribution in [3.63, 3.8) is 0 Å². The summed E-state index contributed by atoms with van der Waals surface area (Å²) >= 11 is 5.51. The zero-order valence-electron chi connectivity index (χ0n) is 8.58. The van der Waals surface area contributed by atoms with Crippen molar-refractivity contribution in [3.05, 3.63) is 0 Å². The van der Waals surface area contributed by atoms with Crippen molar-refractivity contribution in [1.29, 1.82) is 0 Å². The first-order valence-corrected chi connectivity index (χ1v) is 5.70. The fourth-order valence-electron chi connectivity index (χ4n) is 1.99. The molecule has 1 aliphatic rings. The second kappa shape index (κ2) is 5.56. The first-order chi connectivity index (χ1) is 6.66. The number of amides is 1. The number of rotatable bonds is 3. The maximum atomic E-state index is 11.5. The van der Waals surface area contributed by atoms with E-state index in [0.717, 1.165) is 25.7 Å². The van der Waals surface area contributed by atoms with E-state index in [1.807, 2.05) is 0 Å². The van der Waals surface area contributed by atoms with E-state index in [1.165, 1.54) is 0 Å². The molecule has 0 radical (unpaired) electrons. The number of nitrogens with zero attached hydrogens (tertiary/aromatic N) is 1. The van der Waals surface area contributed by atoms with Crippen LogP contribution < -0.4 is 0 Å². The molecule has 82 valence electrons. The lowest BCUT2D eigenvalue weighted by atomic mass is 9.91. The monoisotopic (exact) mass is 219 g/mol. The van der Waals surface area contributed by atoms with Gasteiger partial charge in [-0.1, -0.05) is 12.8 Å². The molecule has 2 unspecified atom stereocenters. The molecular weight excluding hydrogens is 202 g/mol. The summed E-state index contributed by atoms with van der Waals surface area (Å²) in [5.74, 6) is 0.386. The number of carbonyl (C=O) groups is 1. The van der Waals surface area contributed by atoms with Gasteiger partial charge in [-0.25, -0.2) is 0 Å². The van der Waals surface area contributed by atoms with Crippen molar-refractivity contribution in [1.82, 2.24) is 4.90 Å². The van der Waals surface area contributed by atoms with Crippen LogP contribution in [0.4, 0.5) is 0 Å². The summed E-state index contributed by atoms with van der Waals surface area (Å²) in [6.07, 6.45) is 3.89. The van der Waals surface area contributed by atoms with Gasteiger partial charge in [-0.15, -0.1) is 11.6 Å². The fourth-order valence-corrected chi connectivity index (χ4v) is 2.15. The quantitative estimate of drug-likeness (QED) is 0.729. The van der Waals surface area contributed by atoms with Gasteiger partial charge in [0.2, 0.25) is 5.91 Å². The Kier molecular flexibility index (Phi) is 4.69. The van der Waals surface area contributed by atoms with Crippen molar-refractivity contribution < 1.29 is 9.90 Å². The number of halogens is 1. The summed E-state index contributed by atoms with van der Waals surface area (Å²) in [4.78, 5) is 13.2. The van der Waals surface area contributed by atoms with Gasteiger partial charge < -0.3 is 10.0 Å². The summed E-state index contributed by atoms with van der Waals surface area (Å²) < 4.78 is 0. The van der Waals surface area contributed by atoms with E-state index in [1.54, 1.807) is 11.9 Å². The predicted molar refractivity (Wildman–Crippen MR) is 56.4 cm³/mol. The lowest BCUT2D eigenvalue weighted by Crippen LogP contribution is -2.46. The molecular formula is C10H18ClNO2. The molecule has 2 atom stereocenters. The molecule has 0 saturated heterocycles. The Balaban J connectivity index is 2.48. The van der Waals surface area contributed by atoms with Gasteiger partial charge in [0.25, 0.3) is 0 Å². The van der Waals surface area contributed by atoms with Gasteiger partial charge >= 0.3 is 0 Å². The van der Waals surface area contributed by atoms with E-state index in [4.69, 9.17) is 11.6 Å². The third-order valence-corrected chi connectivity index (χ3v) is 3.08. The lowest BCUT2D eigenvalue weighted by molar-refractivity contribution is -0.134. The zero-order chi connectivity index (χ0) is 10.6. The maximum absolute atomic E-state index is 11.5. The van der Waals surface area contributed by atoms with Gasteiger partial charge in [0.05, 0.1) is 12.1 Å². The highest BCUT2D eigenvalue weighted by Crippen LogP contribution is 2.22. The van der Waals surface area contributed by atoms with Crippen LogP contribution in [0.3, 0.4) is 0 Å². The molecule has 1 amide bonds. The largest absolute Gasteiger partial charge is 0.391 e. The van der Waals surface area contributed by atoms with E-state index < -0.39 is 0 Å². The minimum atomic E-state index is -0.354. The van der Waals surface area contributed by atoms with Crippen LogP contribution in [0.25, 0.3) is 0 Å². The fraction of sp³-hybridized carbons (Fsp3) is 0.900. The molecule has 1 saturated carbocycles. The minimum absolute atomic E-state index is 0.000494. The highest BCUT2D eigenvalue weighted by molar-refractivity contribution is 6.18. The van der Waals surface area contributed by atoms with Crippen molar-refractivity contribution in [2.45, 2.75) is 44.2 Å². The number of alkyl halides is 1. The number of hydrogen-bond donors (Lipinski definition) is 1. The van der Waals surface area contributed by atoms with Gasteiger partial charge in [-0.05, 0) is 12.8 Å². The predicted octanol–water partition coefficient (Wildman–Crippen LogP) is 1.38. The van der Waals surface area contributed by atoms with Crippen molar-refractivity contribution in [2.24, 2.45) is 0 Å². The molecule has 0 bridgehead atoms. The number of likely N-dealkylation sites (N-methyl/N-ethyl adjacent to an activating group) is 1. The third-order valence-electron chi connectivity index (χ3n) is 2.89. The molecule has 0 aromatic carbocycles. The molecule has 1 aliphatic carbocycles. The second-order valence-corrected chi connectivity index (χ2v) is 4.24. The molecule has 1 rings (SSSR count). The van der Waals surface area contributed by atoms with Crippen LogP contribution in [0.2, 0.25) is 0 Å². The number of carbonyl (C=O) groups excluding carboxylic acids is 1. The SMILES string of the molecule is CN(C(=O)CCCl)C1CCCCC1O. The number of aliphatic hydroxyl groups excluding tert-OH is 1. The topological polar surface area (TPSA) is 40.5 Å². The molecule has 0 aromatic heterocycles. The van der Waals surface area contributed by atoms with Gasteiger partial charge in [0.1, 0.15) is 0 Å². The molecule has 0 spiro atoms. The Morgan fingerprint density at radius 3 is 2.71 bits per heavy atom. The van der Waals surface area contributed by atoms with E-state index in [9.17, 15) is 9.90 Å². The van der Waals surface area contributed by atoms with E-state index in [2.05, 4.69) is 0 Å². The molecule has 1 N–H and O–H groups in total. The highest BCUT2D eigenvalue weighted by atomic mass is 35.5. The molecule has 14 heavy (non-hydrogen) atoms. The van der Waals surface area contributed by atoms with Crippen molar-refractivity contribution in [3.8, 4) is 0 Å². The minimum Gasteiger partial charge on any atom is -0.391 e. The lowest BCUT2D eigenvalue weighted by Gasteiger charge is -2.35. The van der Waals surface area contributed by atoms with Crippen LogP contribution in [0, 0.1) is 0 Å². The van der Waals surface area contributed by atoms with Crippen LogP contribution in [-0.4, -0.2) is 41.0 Å². The summed E-state index contributed by atoms with van der Waals surface area (Å²) in [5, 5.41) is 9.73. The first-order valence-electron chi connectivity index (χ1n) is 5.16. The van der Waals surface area contributed by atoms with Gasteiger partial charge in [0.15, 0.2) is 0 Å². The zero-order valence-corrected chi connectivity index (χ0v) is 9.33. The average molecular weight is 220 g/mol. The van der Waals surface area contributed by atoms with Crippen LogP contribution in [0.1, 0.15) is 32.1 Å². The van der Waals surface area contributed by atoms with Gasteiger partial charge in [-0.3, -0.25) is 4.79 Å². The van der Waals surface area contributed by atoms with Crippen LogP contribution in [-0.2, 0) is 4.79 Å². The third kappa shape index (κ3) is 2.85. The summed E-state index contributed by atoms with van der Waals surface area (Å²) in [5.41, 5.74) is 0. The van der Waals surface area contributed by atoms with Crippen molar-refractivity contribution >= 4 is 17.5 Å². The maximum Gasteiger partial charge on any atom is 0.223 e. The number of aliphatic hydroxyl groups is 1. The van der Waals surface area contributed by atoms with E-state index >= 15 is 0 Å². The van der Waals surface area contributed by atoms with E-state index in [-0.39, 0.29) is 18.1 Å². The Morgan fingerprint density at radius 2 is 2.14 bits per heavy atom. The number of hydrogen-bond acceptors (Lipinski definition) is 2. The Bertz CT molecular complexity index is 199. The molecule has 4 heteroatoms. The van der Waals surface area contributed by atoms with Crippen molar-refractivity contribution in [2.75, 3.05) is 12.9 Å². The van der Waals surface area contributed by atoms with Gasteiger partial charge in [-0.2, -0.15) is 0 Å². The Labute approximate surface area is 90.0 Å². The molecule has 0 aromatic rings. The Hall–Kier alpha value is -0.280. The normalized spacial score (nSPS) is 27.4. The van der Waals surface area contributed by atoms with Crippen LogP contribution in [0.5, 0.6) is 0 Å². The van der Waals surface area contributed by atoms with Crippen LogP contribution >= 0.6 is 11.6 Å². The molecule has 0 aliphatic heterocycles. The standard InChI is InChI=1S/C10H18ClNO2/c1-12(10(14)6-7-11)8-4-2-3-5-9(8)13/h8-9,13H,2-7H2,1H3. The summed E-state index contributed by atoms with van der Waals surface area (Å²) in [6, 6.07) is -0.000494. The summed E-state index contributed by atoms with van der Waals surface area (Å²) in [7, 11) is 1.76. The van der Waals surface area contributed by atoms with E-state index in [0.29, 0.717) is 12.3 Å². The average Bonchev–Trinajstić information content (AvgIpc) is 2.18. The molecule has 1 fully saturated rings. The van der Waals surface area contributed by atoms with Crippen LogP contribution in [0.15, 0.2) is 0 Å². The second-order valence-electron chi connectivity index (χ2n) is 3.86. The first kappa shape index (κ1) is 11.8. The smallest absolute Gasteiger partial charge is 0.223 e. The van der Waals surface area contributed by atoms with Gasteiger partial charge in [0, 0.05) is 19.3 Å². The molecule has 3 nitrogen and oxygen atoms in total. The summed E-state index contributed by atoms with van der Waals surface area (Å²) in [6.45, 7) is 0. The molecule has 0 heterocycles.